The van der Waals surface area contributed by atoms with Crippen molar-refractivity contribution in [3.63, 3.8) is 0 Å². The molecule has 35 heavy (non-hydrogen) atoms. The Morgan fingerprint density at radius 3 is 2.54 bits per heavy atom. The second-order valence-corrected chi connectivity index (χ2v) is 8.71. The molecule has 2 aliphatic rings. The number of carbonyl (C=O) groups is 3. The van der Waals surface area contributed by atoms with E-state index in [0.29, 0.717) is 35.6 Å². The number of aromatic hydroxyl groups is 1. The van der Waals surface area contributed by atoms with Gasteiger partial charge in [-0.2, -0.15) is 0 Å². The number of hydrogen-bond acceptors (Lipinski definition) is 9. The number of esters is 2. The maximum Gasteiger partial charge on any atom is 0.336 e. The van der Waals surface area contributed by atoms with Gasteiger partial charge in [-0.3, -0.25) is 9.59 Å². The number of rotatable bonds is 9. The first-order chi connectivity index (χ1) is 16.7. The van der Waals surface area contributed by atoms with Crippen LogP contribution in [-0.2, 0) is 28.6 Å². The molecule has 1 aromatic rings. The average Bonchev–Trinajstić information content (AvgIpc) is 2.82. The van der Waals surface area contributed by atoms with Gasteiger partial charge >= 0.3 is 11.9 Å². The summed E-state index contributed by atoms with van der Waals surface area (Å²) < 4.78 is 20.9. The highest BCUT2D eigenvalue weighted by atomic mass is 16.6. The van der Waals surface area contributed by atoms with Crippen molar-refractivity contribution in [3.05, 3.63) is 46.3 Å². The molecule has 0 spiro atoms. The number of phenols is 1. The third kappa shape index (κ3) is 5.35. The zero-order valence-electron chi connectivity index (χ0n) is 20.8. The third-order valence-corrected chi connectivity index (χ3v) is 6.31. The van der Waals surface area contributed by atoms with E-state index in [1.54, 1.807) is 19.1 Å². The van der Waals surface area contributed by atoms with E-state index in [4.69, 9.17) is 18.9 Å². The zero-order valence-corrected chi connectivity index (χ0v) is 20.8. The van der Waals surface area contributed by atoms with Crippen molar-refractivity contribution in [1.82, 2.24) is 5.32 Å². The van der Waals surface area contributed by atoms with Gasteiger partial charge in [0.15, 0.2) is 17.3 Å². The number of methoxy groups -OCH3 is 2. The summed E-state index contributed by atoms with van der Waals surface area (Å²) >= 11 is 0. The minimum absolute atomic E-state index is 0.0534. The molecule has 190 valence electrons. The van der Waals surface area contributed by atoms with Crippen molar-refractivity contribution in [2.24, 2.45) is 11.8 Å². The van der Waals surface area contributed by atoms with E-state index in [-0.39, 0.29) is 36.2 Å². The van der Waals surface area contributed by atoms with Crippen molar-refractivity contribution in [3.8, 4) is 11.5 Å². The van der Waals surface area contributed by atoms with Gasteiger partial charge in [0, 0.05) is 29.5 Å². The molecule has 3 rings (SSSR count). The molecule has 0 amide bonds. The predicted octanol–water partition coefficient (Wildman–Crippen LogP) is 2.98. The molecule has 0 saturated heterocycles. The lowest BCUT2D eigenvalue weighted by atomic mass is 9.69. The Labute approximate surface area is 205 Å². The van der Waals surface area contributed by atoms with Gasteiger partial charge in [0.1, 0.15) is 12.5 Å². The van der Waals surface area contributed by atoms with Gasteiger partial charge < -0.3 is 29.4 Å². The number of ether oxygens (including phenoxy) is 4. The summed E-state index contributed by atoms with van der Waals surface area (Å²) in [6, 6.07) is 4.71. The Bertz CT molecular complexity index is 1060. The van der Waals surface area contributed by atoms with Crippen molar-refractivity contribution in [2.45, 2.75) is 39.5 Å². The maximum atomic E-state index is 13.7. The van der Waals surface area contributed by atoms with Crippen LogP contribution < -0.4 is 10.1 Å². The molecule has 0 fully saturated rings. The Balaban J connectivity index is 2.06. The Hall–Kier alpha value is -3.33. The molecule has 0 saturated carbocycles. The number of ketones is 1. The van der Waals surface area contributed by atoms with Gasteiger partial charge in [-0.25, -0.2) is 4.79 Å². The predicted molar refractivity (Wildman–Crippen MR) is 127 cm³/mol. The van der Waals surface area contributed by atoms with Crippen molar-refractivity contribution in [1.29, 1.82) is 0 Å². The summed E-state index contributed by atoms with van der Waals surface area (Å²) in [5, 5.41) is 13.7. The summed E-state index contributed by atoms with van der Waals surface area (Å²) in [7, 11) is 2.68. The minimum atomic E-state index is -0.993. The van der Waals surface area contributed by atoms with Crippen LogP contribution in [0.15, 0.2) is 40.7 Å². The number of benzene rings is 1. The van der Waals surface area contributed by atoms with Gasteiger partial charge in [0.25, 0.3) is 0 Å². The molecule has 2 N–H and O–H groups in total. The van der Waals surface area contributed by atoms with Crippen LogP contribution in [0.4, 0.5) is 0 Å². The summed E-state index contributed by atoms with van der Waals surface area (Å²) in [6.45, 7) is 6.41. The van der Waals surface area contributed by atoms with Crippen molar-refractivity contribution < 1.29 is 38.4 Å². The van der Waals surface area contributed by atoms with E-state index in [1.165, 1.54) is 20.3 Å². The largest absolute Gasteiger partial charge is 0.504 e. The van der Waals surface area contributed by atoms with E-state index in [0.717, 1.165) is 6.42 Å². The summed E-state index contributed by atoms with van der Waals surface area (Å²) in [6.07, 6.45) is 1.27. The molecule has 1 aliphatic carbocycles. The Morgan fingerprint density at radius 2 is 1.91 bits per heavy atom. The smallest absolute Gasteiger partial charge is 0.336 e. The average molecular weight is 488 g/mol. The third-order valence-electron chi connectivity index (χ3n) is 6.31. The summed E-state index contributed by atoms with van der Waals surface area (Å²) in [5.41, 5.74) is 2.21. The standard InChI is InChI=1S/C26H33NO8/c1-6-9-34-10-11-35-26(31)21-15(3)27-17-12-14(2)20(25(30)33-5)24(29)23(17)22(21)16-7-8-19(32-4)18(28)13-16/h7-8,13-14,20,22,27-28H,6,9-12H2,1-5H3/t14-,20-,22+/m1/s1. The van der Waals surface area contributed by atoms with Gasteiger partial charge in [-0.15, -0.1) is 0 Å². The zero-order chi connectivity index (χ0) is 25.7. The second-order valence-electron chi connectivity index (χ2n) is 8.71. The number of dihydropyridines is 1. The van der Waals surface area contributed by atoms with Crippen molar-refractivity contribution in [2.75, 3.05) is 34.0 Å². The van der Waals surface area contributed by atoms with Crippen LogP contribution >= 0.6 is 0 Å². The van der Waals surface area contributed by atoms with E-state index in [2.05, 4.69) is 5.32 Å². The number of carbonyl (C=O) groups excluding carboxylic acids is 3. The topological polar surface area (TPSA) is 120 Å². The molecule has 0 bridgehead atoms. The molecular weight excluding hydrogens is 454 g/mol. The van der Waals surface area contributed by atoms with Crippen LogP contribution in [0, 0.1) is 11.8 Å². The van der Waals surface area contributed by atoms with Crippen molar-refractivity contribution >= 4 is 17.7 Å². The second kappa shape index (κ2) is 11.4. The van der Waals surface area contributed by atoms with Crippen LogP contribution in [0.25, 0.3) is 0 Å². The van der Waals surface area contributed by atoms with Crippen LogP contribution in [0.3, 0.4) is 0 Å². The molecule has 1 aromatic carbocycles. The van der Waals surface area contributed by atoms with Crippen LogP contribution in [-0.4, -0.2) is 56.9 Å². The van der Waals surface area contributed by atoms with Gasteiger partial charge in [-0.1, -0.05) is 19.9 Å². The lowest BCUT2D eigenvalue weighted by Crippen LogP contribution is -2.43. The lowest BCUT2D eigenvalue weighted by molar-refractivity contribution is -0.151. The molecule has 0 aromatic heterocycles. The molecule has 1 heterocycles. The minimum Gasteiger partial charge on any atom is -0.504 e. The highest BCUT2D eigenvalue weighted by Crippen LogP contribution is 2.46. The van der Waals surface area contributed by atoms with Crippen LogP contribution in [0.5, 0.6) is 11.5 Å². The molecule has 9 nitrogen and oxygen atoms in total. The van der Waals surface area contributed by atoms with E-state index in [1.807, 2.05) is 13.8 Å². The van der Waals surface area contributed by atoms with E-state index in [9.17, 15) is 19.5 Å². The summed E-state index contributed by atoms with van der Waals surface area (Å²) in [4.78, 5) is 39.4. The maximum absolute atomic E-state index is 13.7. The lowest BCUT2D eigenvalue weighted by Gasteiger charge is -2.38. The highest BCUT2D eigenvalue weighted by molar-refractivity contribution is 6.12. The van der Waals surface area contributed by atoms with Gasteiger partial charge in [-0.05, 0) is 43.4 Å². The number of Topliss-reactive ketones (excluding diaryl/α,β-unsaturated/α-hetero) is 1. The first-order valence-electron chi connectivity index (χ1n) is 11.7. The molecule has 1 aliphatic heterocycles. The fraction of sp³-hybridized carbons (Fsp3) is 0.500. The fourth-order valence-corrected chi connectivity index (χ4v) is 4.69. The van der Waals surface area contributed by atoms with Gasteiger partial charge in [0.05, 0.1) is 26.4 Å². The summed E-state index contributed by atoms with van der Waals surface area (Å²) in [5.74, 6) is -3.65. The first kappa shape index (κ1) is 26.3. The molecule has 3 atom stereocenters. The highest BCUT2D eigenvalue weighted by Gasteiger charge is 2.47. The van der Waals surface area contributed by atoms with E-state index >= 15 is 0 Å². The monoisotopic (exact) mass is 487 g/mol. The quantitative estimate of drug-likeness (QED) is 0.308. The number of phenolic OH excluding ortho intramolecular Hbond substituents is 1. The van der Waals surface area contributed by atoms with E-state index < -0.39 is 29.6 Å². The normalized spacial score (nSPS) is 21.9. The SMILES string of the molecule is CCCOCCOC(=O)C1=C(C)NC2=C(C(=O)[C@H](C(=O)OC)[C@H](C)C2)[C@H]1c1ccc(OC)c(O)c1. The molecule has 0 unspecified atom stereocenters. The molecular formula is C26H33NO8. The first-order valence-corrected chi connectivity index (χ1v) is 11.7. The number of allylic oxidation sites excluding steroid dienone is 3. The van der Waals surface area contributed by atoms with Gasteiger partial charge in [0.2, 0.25) is 0 Å². The molecule has 9 heteroatoms. The Kier molecular flexibility index (Phi) is 8.56. The number of nitrogens with one attached hydrogen (secondary N) is 1. The molecule has 0 radical (unpaired) electrons. The van der Waals surface area contributed by atoms with Crippen LogP contribution in [0.1, 0.15) is 45.1 Å². The van der Waals surface area contributed by atoms with Crippen LogP contribution in [0.2, 0.25) is 0 Å². The Morgan fingerprint density at radius 1 is 1.17 bits per heavy atom. The number of hydrogen-bond donors (Lipinski definition) is 2. The fourth-order valence-electron chi connectivity index (χ4n) is 4.69.